The van der Waals surface area contributed by atoms with Gasteiger partial charge in [0, 0.05) is 19.5 Å². The molecule has 0 spiro atoms. The van der Waals surface area contributed by atoms with Crippen LogP contribution in [-0.2, 0) is 16.0 Å². The van der Waals surface area contributed by atoms with Crippen LogP contribution in [-0.4, -0.2) is 50.3 Å². The van der Waals surface area contributed by atoms with Crippen molar-refractivity contribution in [1.29, 1.82) is 0 Å². The molecule has 1 saturated heterocycles. The third kappa shape index (κ3) is 4.66. The molecular weight excluding hydrogens is 272 g/mol. The van der Waals surface area contributed by atoms with Crippen molar-refractivity contribution in [3.05, 3.63) is 29.8 Å². The van der Waals surface area contributed by atoms with Gasteiger partial charge in [0.25, 0.3) is 0 Å². The van der Waals surface area contributed by atoms with Crippen molar-refractivity contribution in [3.8, 4) is 5.75 Å². The Kier molecular flexibility index (Phi) is 5.43. The predicted molar refractivity (Wildman–Crippen MR) is 77.2 cm³/mol. The first-order chi connectivity index (χ1) is 10.2. The predicted octanol–water partition coefficient (Wildman–Crippen LogP) is 1.20. The standard InChI is InChI=1S/C15H20N2O4/c1-20-13-4-2-3-12(11-13)5-7-16-14(18)6-8-17-9-10-21-15(17)19/h2-4,11H,5-10H2,1H3,(H,16,18). The maximum absolute atomic E-state index is 11.7. The largest absolute Gasteiger partial charge is 0.497 e. The molecular formula is C15H20N2O4. The minimum absolute atomic E-state index is 0.0578. The molecule has 21 heavy (non-hydrogen) atoms. The van der Waals surface area contributed by atoms with Crippen LogP contribution in [0, 0.1) is 0 Å². The van der Waals surface area contributed by atoms with E-state index in [0.29, 0.717) is 32.7 Å². The van der Waals surface area contributed by atoms with E-state index in [1.165, 1.54) is 0 Å². The molecule has 0 aromatic heterocycles. The number of nitrogens with one attached hydrogen (secondary N) is 1. The highest BCUT2D eigenvalue weighted by Crippen LogP contribution is 2.12. The third-order valence-electron chi connectivity index (χ3n) is 3.32. The number of cyclic esters (lactones) is 1. The van der Waals surface area contributed by atoms with Crippen LogP contribution in [0.4, 0.5) is 4.79 Å². The van der Waals surface area contributed by atoms with E-state index in [0.717, 1.165) is 17.7 Å². The topological polar surface area (TPSA) is 67.9 Å². The zero-order chi connectivity index (χ0) is 15.1. The van der Waals surface area contributed by atoms with Crippen LogP contribution in [0.5, 0.6) is 5.75 Å². The normalized spacial score (nSPS) is 14.0. The van der Waals surface area contributed by atoms with Gasteiger partial charge in [-0.05, 0) is 24.1 Å². The molecule has 1 aliphatic rings. The van der Waals surface area contributed by atoms with Crippen molar-refractivity contribution in [2.24, 2.45) is 0 Å². The Morgan fingerprint density at radius 1 is 1.48 bits per heavy atom. The monoisotopic (exact) mass is 292 g/mol. The van der Waals surface area contributed by atoms with Crippen LogP contribution in [0.1, 0.15) is 12.0 Å². The molecule has 0 bridgehead atoms. The third-order valence-corrected chi connectivity index (χ3v) is 3.32. The van der Waals surface area contributed by atoms with Gasteiger partial charge in [-0.15, -0.1) is 0 Å². The number of amides is 2. The summed E-state index contributed by atoms with van der Waals surface area (Å²) < 4.78 is 9.95. The van der Waals surface area contributed by atoms with Gasteiger partial charge in [0.2, 0.25) is 5.91 Å². The van der Waals surface area contributed by atoms with Crippen molar-refractivity contribution >= 4 is 12.0 Å². The van der Waals surface area contributed by atoms with E-state index in [1.807, 2.05) is 24.3 Å². The second-order valence-corrected chi connectivity index (χ2v) is 4.80. The van der Waals surface area contributed by atoms with Crippen molar-refractivity contribution in [2.45, 2.75) is 12.8 Å². The van der Waals surface area contributed by atoms with Gasteiger partial charge in [0.15, 0.2) is 0 Å². The van der Waals surface area contributed by atoms with E-state index in [4.69, 9.17) is 9.47 Å². The number of carbonyl (C=O) groups excluding carboxylic acids is 2. The number of methoxy groups -OCH3 is 1. The average molecular weight is 292 g/mol. The minimum Gasteiger partial charge on any atom is -0.497 e. The highest BCUT2D eigenvalue weighted by molar-refractivity contribution is 5.77. The second-order valence-electron chi connectivity index (χ2n) is 4.80. The average Bonchev–Trinajstić information content (AvgIpc) is 2.91. The van der Waals surface area contributed by atoms with E-state index in [2.05, 4.69) is 5.32 Å². The summed E-state index contributed by atoms with van der Waals surface area (Å²) in [6, 6.07) is 7.76. The summed E-state index contributed by atoms with van der Waals surface area (Å²) in [5, 5.41) is 2.85. The van der Waals surface area contributed by atoms with Gasteiger partial charge < -0.3 is 19.7 Å². The number of ether oxygens (including phenoxy) is 2. The summed E-state index contributed by atoms with van der Waals surface area (Å²) in [4.78, 5) is 24.5. The first kappa shape index (κ1) is 15.2. The highest BCUT2D eigenvalue weighted by Gasteiger charge is 2.21. The van der Waals surface area contributed by atoms with E-state index in [-0.39, 0.29) is 12.0 Å². The Bertz CT molecular complexity index is 504. The van der Waals surface area contributed by atoms with Gasteiger partial charge in [0.05, 0.1) is 13.7 Å². The van der Waals surface area contributed by atoms with Gasteiger partial charge >= 0.3 is 6.09 Å². The molecule has 0 unspecified atom stereocenters. The van der Waals surface area contributed by atoms with Crippen LogP contribution >= 0.6 is 0 Å². The molecule has 6 heteroatoms. The van der Waals surface area contributed by atoms with Gasteiger partial charge in [0.1, 0.15) is 12.4 Å². The molecule has 2 rings (SSSR count). The fourth-order valence-corrected chi connectivity index (χ4v) is 2.13. The van der Waals surface area contributed by atoms with E-state index < -0.39 is 0 Å². The molecule has 0 atom stereocenters. The Morgan fingerprint density at radius 2 is 2.33 bits per heavy atom. The van der Waals surface area contributed by atoms with Crippen LogP contribution in [0.3, 0.4) is 0 Å². The van der Waals surface area contributed by atoms with Gasteiger partial charge in [-0.3, -0.25) is 4.79 Å². The number of hydrogen-bond acceptors (Lipinski definition) is 4. The molecule has 0 saturated carbocycles. The lowest BCUT2D eigenvalue weighted by Gasteiger charge is -2.12. The SMILES string of the molecule is COc1cccc(CCNC(=O)CCN2CCOC2=O)c1. The molecule has 0 radical (unpaired) electrons. The number of benzene rings is 1. The maximum Gasteiger partial charge on any atom is 0.409 e. The van der Waals surface area contributed by atoms with Crippen molar-refractivity contribution in [3.63, 3.8) is 0 Å². The zero-order valence-corrected chi connectivity index (χ0v) is 12.1. The van der Waals surface area contributed by atoms with Crippen molar-refractivity contribution in [1.82, 2.24) is 10.2 Å². The second kappa shape index (κ2) is 7.52. The van der Waals surface area contributed by atoms with E-state index in [1.54, 1.807) is 12.0 Å². The summed E-state index contributed by atoms with van der Waals surface area (Å²) in [6.07, 6.45) is 0.709. The molecule has 0 aliphatic carbocycles. The molecule has 1 fully saturated rings. The molecule has 6 nitrogen and oxygen atoms in total. The van der Waals surface area contributed by atoms with Crippen LogP contribution in [0.2, 0.25) is 0 Å². The molecule has 1 aromatic carbocycles. The molecule has 1 aromatic rings. The number of carbonyl (C=O) groups is 2. The maximum atomic E-state index is 11.7. The van der Waals surface area contributed by atoms with Crippen LogP contribution < -0.4 is 10.1 Å². The number of rotatable bonds is 7. The fraction of sp³-hybridized carbons (Fsp3) is 0.467. The molecule has 1 N–H and O–H groups in total. The molecule has 2 amide bonds. The number of hydrogen-bond donors (Lipinski definition) is 1. The van der Waals surface area contributed by atoms with E-state index >= 15 is 0 Å². The number of nitrogens with zero attached hydrogens (tertiary/aromatic N) is 1. The van der Waals surface area contributed by atoms with Gasteiger partial charge in [-0.25, -0.2) is 4.79 Å². The lowest BCUT2D eigenvalue weighted by atomic mass is 10.1. The highest BCUT2D eigenvalue weighted by atomic mass is 16.6. The first-order valence-corrected chi connectivity index (χ1v) is 7.00. The molecule has 1 aliphatic heterocycles. The van der Waals surface area contributed by atoms with Gasteiger partial charge in [-0.2, -0.15) is 0 Å². The minimum atomic E-state index is -0.334. The molecule has 1 heterocycles. The van der Waals surface area contributed by atoms with Crippen LogP contribution in [0.15, 0.2) is 24.3 Å². The Morgan fingerprint density at radius 3 is 3.05 bits per heavy atom. The Hall–Kier alpha value is -2.24. The summed E-state index contributed by atoms with van der Waals surface area (Å²) in [7, 11) is 1.63. The Labute approximate surface area is 124 Å². The smallest absolute Gasteiger partial charge is 0.409 e. The lowest BCUT2D eigenvalue weighted by Crippen LogP contribution is -2.32. The summed E-state index contributed by atoms with van der Waals surface area (Å²) in [5.41, 5.74) is 1.11. The quantitative estimate of drug-likeness (QED) is 0.820. The first-order valence-electron chi connectivity index (χ1n) is 7.00. The molecule has 114 valence electrons. The zero-order valence-electron chi connectivity index (χ0n) is 12.1. The summed E-state index contributed by atoms with van der Waals surface area (Å²) in [6.45, 7) is 1.95. The fourth-order valence-electron chi connectivity index (χ4n) is 2.13. The Balaban J connectivity index is 1.65. The lowest BCUT2D eigenvalue weighted by molar-refractivity contribution is -0.121. The summed E-state index contributed by atoms with van der Waals surface area (Å²) in [5.74, 6) is 0.754. The van der Waals surface area contributed by atoms with Crippen molar-refractivity contribution in [2.75, 3.05) is 33.4 Å². The van der Waals surface area contributed by atoms with Crippen LogP contribution in [0.25, 0.3) is 0 Å². The summed E-state index contributed by atoms with van der Waals surface area (Å²) >= 11 is 0. The van der Waals surface area contributed by atoms with Crippen molar-refractivity contribution < 1.29 is 19.1 Å². The van der Waals surface area contributed by atoms with E-state index in [9.17, 15) is 9.59 Å². The van der Waals surface area contributed by atoms with Gasteiger partial charge in [-0.1, -0.05) is 12.1 Å².